The summed E-state index contributed by atoms with van der Waals surface area (Å²) in [6.07, 6.45) is 0. The van der Waals surface area contributed by atoms with Crippen LogP contribution in [-0.4, -0.2) is 48.9 Å². The number of fused-ring (bicyclic) bond motifs is 1. The number of rotatable bonds is 5. The molecule has 0 fully saturated rings. The van der Waals surface area contributed by atoms with Crippen molar-refractivity contribution in [1.29, 1.82) is 0 Å². The van der Waals surface area contributed by atoms with Gasteiger partial charge in [0.25, 0.3) is 11.8 Å². The third-order valence-electron chi connectivity index (χ3n) is 4.08. The lowest BCUT2D eigenvalue weighted by molar-refractivity contribution is 0.0599. The first-order valence-electron chi connectivity index (χ1n) is 8.20. The zero-order valence-corrected chi connectivity index (χ0v) is 14.5. The first-order valence-corrected chi connectivity index (χ1v) is 8.20. The molecule has 0 aliphatic carbocycles. The minimum absolute atomic E-state index is 0.0401. The molecule has 0 saturated heterocycles. The summed E-state index contributed by atoms with van der Waals surface area (Å²) in [5.74, 6) is -1.33. The maximum atomic E-state index is 12.3. The molecule has 2 aromatic carbocycles. The van der Waals surface area contributed by atoms with Gasteiger partial charge in [-0.25, -0.2) is 9.59 Å². The van der Waals surface area contributed by atoms with E-state index in [0.29, 0.717) is 16.8 Å². The van der Waals surface area contributed by atoms with Gasteiger partial charge in [-0.1, -0.05) is 24.3 Å². The molecule has 2 N–H and O–H groups in total. The minimum atomic E-state index is -0.572. The first-order chi connectivity index (χ1) is 13.0. The van der Waals surface area contributed by atoms with Gasteiger partial charge >= 0.3 is 12.0 Å². The van der Waals surface area contributed by atoms with Crippen LogP contribution < -0.4 is 10.6 Å². The largest absolute Gasteiger partial charge is 0.465 e. The maximum absolute atomic E-state index is 12.3. The van der Waals surface area contributed by atoms with Crippen LogP contribution in [0.25, 0.3) is 0 Å². The average Bonchev–Trinajstić information content (AvgIpc) is 2.93. The number of ether oxygens (including phenoxy) is 1. The van der Waals surface area contributed by atoms with Crippen LogP contribution in [0.3, 0.4) is 0 Å². The number of anilines is 1. The molecular formula is C19H17N3O5. The third-order valence-corrected chi connectivity index (χ3v) is 4.08. The lowest BCUT2D eigenvalue weighted by Gasteiger charge is -2.15. The van der Waals surface area contributed by atoms with Crippen LogP contribution in [0.15, 0.2) is 48.5 Å². The molecule has 8 nitrogen and oxygen atoms in total. The van der Waals surface area contributed by atoms with Crippen molar-refractivity contribution in [2.24, 2.45) is 0 Å². The van der Waals surface area contributed by atoms with Gasteiger partial charge in [-0.15, -0.1) is 0 Å². The number of urea groups is 1. The summed E-state index contributed by atoms with van der Waals surface area (Å²) in [6.45, 7) is 0.107. The van der Waals surface area contributed by atoms with Crippen LogP contribution in [0.1, 0.15) is 31.1 Å². The molecule has 1 aliphatic heterocycles. The Bertz CT molecular complexity index is 890. The summed E-state index contributed by atoms with van der Waals surface area (Å²) in [5.41, 5.74) is 1.23. The molecule has 2 aromatic rings. The summed E-state index contributed by atoms with van der Waals surface area (Å²) in [7, 11) is 1.25. The molecule has 27 heavy (non-hydrogen) atoms. The fourth-order valence-electron chi connectivity index (χ4n) is 2.77. The quantitative estimate of drug-likeness (QED) is 0.620. The second kappa shape index (κ2) is 7.69. The highest BCUT2D eigenvalue weighted by atomic mass is 16.5. The molecule has 0 unspecified atom stereocenters. The Labute approximate surface area is 155 Å². The zero-order valence-electron chi connectivity index (χ0n) is 14.5. The Hall–Kier alpha value is -3.68. The Morgan fingerprint density at radius 1 is 0.963 bits per heavy atom. The van der Waals surface area contributed by atoms with Crippen LogP contribution in [0, 0.1) is 0 Å². The van der Waals surface area contributed by atoms with Gasteiger partial charge in [-0.3, -0.25) is 14.5 Å². The van der Waals surface area contributed by atoms with Crippen LogP contribution in [0.4, 0.5) is 10.5 Å². The molecule has 0 saturated carbocycles. The number of carbonyl (C=O) groups excluding carboxylic acids is 4. The molecule has 0 atom stereocenters. The second-order valence-corrected chi connectivity index (χ2v) is 5.73. The van der Waals surface area contributed by atoms with Crippen LogP contribution in [-0.2, 0) is 4.74 Å². The van der Waals surface area contributed by atoms with Gasteiger partial charge in [0.2, 0.25) is 0 Å². The van der Waals surface area contributed by atoms with E-state index in [2.05, 4.69) is 15.4 Å². The van der Waals surface area contributed by atoms with Gasteiger partial charge in [-0.2, -0.15) is 0 Å². The van der Waals surface area contributed by atoms with E-state index in [-0.39, 0.29) is 30.5 Å². The number of hydrogen-bond acceptors (Lipinski definition) is 5. The van der Waals surface area contributed by atoms with Gasteiger partial charge < -0.3 is 15.4 Å². The molecule has 1 aliphatic rings. The molecule has 138 valence electrons. The van der Waals surface area contributed by atoms with Crippen molar-refractivity contribution in [2.45, 2.75) is 0 Å². The summed E-state index contributed by atoms with van der Waals surface area (Å²) in [4.78, 5) is 49.4. The van der Waals surface area contributed by atoms with Crippen molar-refractivity contribution in [3.8, 4) is 0 Å². The van der Waals surface area contributed by atoms with E-state index in [0.717, 1.165) is 4.90 Å². The number of imide groups is 1. The highest BCUT2D eigenvalue weighted by Gasteiger charge is 2.34. The van der Waals surface area contributed by atoms with Crippen molar-refractivity contribution in [3.05, 3.63) is 65.2 Å². The maximum Gasteiger partial charge on any atom is 0.339 e. The summed E-state index contributed by atoms with van der Waals surface area (Å²) in [6, 6.07) is 12.4. The summed E-state index contributed by atoms with van der Waals surface area (Å²) < 4.78 is 4.67. The normalized spacial score (nSPS) is 12.6. The number of methoxy groups -OCH3 is 1. The fraction of sp³-hybridized carbons (Fsp3) is 0.158. The molecule has 1 heterocycles. The molecule has 4 amide bonds. The SMILES string of the molecule is COC(=O)c1ccccc1NC(=O)NCCN1C(=O)c2ccccc2C1=O. The van der Waals surface area contributed by atoms with E-state index in [1.54, 1.807) is 42.5 Å². The summed E-state index contributed by atoms with van der Waals surface area (Å²) >= 11 is 0. The molecule has 3 rings (SSSR count). The monoisotopic (exact) mass is 367 g/mol. The van der Waals surface area contributed by atoms with E-state index in [4.69, 9.17) is 0 Å². The number of carbonyl (C=O) groups is 4. The summed E-state index contributed by atoms with van der Waals surface area (Å²) in [5, 5.41) is 5.11. The van der Waals surface area contributed by atoms with E-state index >= 15 is 0 Å². The molecular weight excluding hydrogens is 350 g/mol. The van der Waals surface area contributed by atoms with E-state index in [1.807, 2.05) is 0 Å². The van der Waals surface area contributed by atoms with Crippen molar-refractivity contribution < 1.29 is 23.9 Å². The molecule has 0 aromatic heterocycles. The predicted octanol–water partition coefficient (Wildman–Crippen LogP) is 1.89. The Morgan fingerprint density at radius 3 is 2.19 bits per heavy atom. The molecule has 0 bridgehead atoms. The smallest absolute Gasteiger partial charge is 0.339 e. The van der Waals surface area contributed by atoms with E-state index < -0.39 is 12.0 Å². The van der Waals surface area contributed by atoms with Crippen LogP contribution in [0.2, 0.25) is 0 Å². The number of amides is 4. The Balaban J connectivity index is 1.56. The number of hydrogen-bond donors (Lipinski definition) is 2. The third kappa shape index (κ3) is 3.64. The lowest BCUT2D eigenvalue weighted by atomic mass is 10.1. The molecule has 0 spiro atoms. The number of benzene rings is 2. The Kier molecular flexibility index (Phi) is 5.16. The van der Waals surface area contributed by atoms with Crippen molar-refractivity contribution in [2.75, 3.05) is 25.5 Å². The first kappa shape index (κ1) is 18.1. The van der Waals surface area contributed by atoms with E-state index in [1.165, 1.54) is 13.2 Å². The van der Waals surface area contributed by atoms with Crippen molar-refractivity contribution in [3.63, 3.8) is 0 Å². The zero-order chi connectivity index (χ0) is 19.4. The van der Waals surface area contributed by atoms with Crippen LogP contribution in [0.5, 0.6) is 0 Å². The number of esters is 1. The second-order valence-electron chi connectivity index (χ2n) is 5.73. The lowest BCUT2D eigenvalue weighted by Crippen LogP contribution is -2.39. The number of nitrogens with zero attached hydrogens (tertiary/aromatic N) is 1. The minimum Gasteiger partial charge on any atom is -0.465 e. The Morgan fingerprint density at radius 2 is 1.56 bits per heavy atom. The van der Waals surface area contributed by atoms with Crippen LogP contribution >= 0.6 is 0 Å². The number of nitrogens with one attached hydrogen (secondary N) is 2. The van der Waals surface area contributed by atoms with Gasteiger partial charge in [-0.05, 0) is 24.3 Å². The van der Waals surface area contributed by atoms with Crippen molar-refractivity contribution >= 4 is 29.5 Å². The fourth-order valence-corrected chi connectivity index (χ4v) is 2.77. The highest BCUT2D eigenvalue weighted by molar-refractivity contribution is 6.21. The average molecular weight is 367 g/mol. The van der Waals surface area contributed by atoms with Gasteiger partial charge in [0.05, 0.1) is 29.5 Å². The van der Waals surface area contributed by atoms with Gasteiger partial charge in [0.15, 0.2) is 0 Å². The molecule has 0 radical (unpaired) electrons. The van der Waals surface area contributed by atoms with Gasteiger partial charge in [0, 0.05) is 13.1 Å². The van der Waals surface area contributed by atoms with E-state index in [9.17, 15) is 19.2 Å². The number of para-hydroxylation sites is 1. The van der Waals surface area contributed by atoms with Crippen molar-refractivity contribution in [1.82, 2.24) is 10.2 Å². The van der Waals surface area contributed by atoms with Gasteiger partial charge in [0.1, 0.15) is 0 Å². The molecule has 8 heteroatoms. The predicted molar refractivity (Wildman–Crippen MR) is 96.6 cm³/mol. The standard InChI is InChI=1S/C19H17N3O5/c1-27-18(25)14-8-4-5-9-15(14)21-19(26)20-10-11-22-16(23)12-6-2-3-7-13(12)17(22)24/h2-9H,10-11H2,1H3,(H2,20,21,26). The topological polar surface area (TPSA) is 105 Å². The highest BCUT2D eigenvalue weighted by Crippen LogP contribution is 2.21.